The summed E-state index contributed by atoms with van der Waals surface area (Å²) in [4.78, 5) is 18.5. The number of pyridine rings is 1. The third-order valence-electron chi connectivity index (χ3n) is 6.70. The molecule has 3 aromatic heterocycles. The number of benzene rings is 2. The predicted molar refractivity (Wildman–Crippen MR) is 143 cm³/mol. The van der Waals surface area contributed by atoms with Gasteiger partial charge < -0.3 is 9.40 Å². The van der Waals surface area contributed by atoms with Crippen molar-refractivity contribution in [1.29, 1.82) is 0 Å². The molecule has 3 heterocycles. The molecule has 0 aliphatic rings. The summed E-state index contributed by atoms with van der Waals surface area (Å²) < 4.78 is 7.36. The van der Waals surface area contributed by atoms with Crippen LogP contribution in [-0.2, 0) is 19.6 Å². The van der Waals surface area contributed by atoms with Gasteiger partial charge in [0.2, 0.25) is 0 Å². The Labute approximate surface area is 215 Å². The van der Waals surface area contributed by atoms with Crippen LogP contribution in [0.15, 0.2) is 76.1 Å². The second kappa shape index (κ2) is 10.9. The number of H-pyrrole nitrogens is 1. The molecule has 0 aliphatic heterocycles. The van der Waals surface area contributed by atoms with Crippen molar-refractivity contribution in [2.24, 2.45) is 0 Å². The largest absolute Gasteiger partial charge is 0.467 e. The zero-order valence-electron chi connectivity index (χ0n) is 21.5. The molecule has 0 saturated heterocycles. The number of aromatic nitrogens is 5. The Morgan fingerprint density at radius 3 is 2.59 bits per heavy atom. The van der Waals surface area contributed by atoms with E-state index in [9.17, 15) is 4.79 Å². The maximum Gasteiger partial charge on any atom is 0.252 e. The topological polar surface area (TPSA) is 92.8 Å². The molecule has 8 heteroatoms. The number of nitrogens with one attached hydrogen (secondary N) is 1. The second-order valence-electron chi connectivity index (χ2n) is 9.68. The van der Waals surface area contributed by atoms with Crippen LogP contribution in [0.5, 0.6) is 0 Å². The molecule has 0 spiro atoms. The van der Waals surface area contributed by atoms with Crippen molar-refractivity contribution in [3.05, 3.63) is 111 Å². The van der Waals surface area contributed by atoms with Gasteiger partial charge in [-0.2, -0.15) is 0 Å². The first kappa shape index (κ1) is 24.6. The van der Waals surface area contributed by atoms with Crippen LogP contribution in [0, 0.1) is 13.8 Å². The molecule has 37 heavy (non-hydrogen) atoms. The van der Waals surface area contributed by atoms with E-state index in [1.54, 1.807) is 10.9 Å². The monoisotopic (exact) mass is 496 g/mol. The number of fused-ring (bicyclic) bond motifs is 1. The highest BCUT2D eigenvalue weighted by molar-refractivity contribution is 5.79. The van der Waals surface area contributed by atoms with Crippen molar-refractivity contribution < 1.29 is 4.42 Å². The second-order valence-corrected chi connectivity index (χ2v) is 9.68. The minimum Gasteiger partial charge on any atom is -0.467 e. The summed E-state index contributed by atoms with van der Waals surface area (Å²) in [5, 5.41) is 13.8. The molecular weight excluding hydrogens is 464 g/mol. The summed E-state index contributed by atoms with van der Waals surface area (Å²) in [7, 11) is 0. The lowest BCUT2D eigenvalue weighted by Gasteiger charge is -2.31. The van der Waals surface area contributed by atoms with Gasteiger partial charge in [-0.15, -0.1) is 5.10 Å². The molecule has 2 aromatic carbocycles. The number of hydrogen-bond acceptors (Lipinski definition) is 6. The summed E-state index contributed by atoms with van der Waals surface area (Å²) in [5.41, 5.74) is 5.03. The number of rotatable bonds is 10. The molecule has 5 rings (SSSR count). The smallest absolute Gasteiger partial charge is 0.252 e. The fourth-order valence-corrected chi connectivity index (χ4v) is 4.77. The van der Waals surface area contributed by atoms with Crippen molar-refractivity contribution in [1.82, 2.24) is 30.1 Å². The summed E-state index contributed by atoms with van der Waals surface area (Å²) >= 11 is 0. The summed E-state index contributed by atoms with van der Waals surface area (Å²) in [6, 6.07) is 20.3. The summed E-state index contributed by atoms with van der Waals surface area (Å²) in [5.74, 6) is 1.55. The predicted octanol–water partition coefficient (Wildman–Crippen LogP) is 5.32. The van der Waals surface area contributed by atoms with E-state index >= 15 is 0 Å². The van der Waals surface area contributed by atoms with Crippen LogP contribution in [0.25, 0.3) is 10.9 Å². The van der Waals surface area contributed by atoms with Crippen LogP contribution < -0.4 is 5.56 Å². The number of nitrogens with zero attached hydrogens (tertiary/aromatic N) is 5. The number of aryl methyl sites for hydroxylation is 2. The van der Waals surface area contributed by atoms with Gasteiger partial charge in [0.05, 0.1) is 12.3 Å². The van der Waals surface area contributed by atoms with E-state index in [0.29, 0.717) is 19.6 Å². The Morgan fingerprint density at radius 1 is 1.03 bits per heavy atom. The van der Waals surface area contributed by atoms with Gasteiger partial charge in [0, 0.05) is 24.2 Å². The minimum absolute atomic E-state index is 0.0734. The average molecular weight is 497 g/mol. The van der Waals surface area contributed by atoms with E-state index in [1.165, 1.54) is 11.1 Å². The van der Waals surface area contributed by atoms with Gasteiger partial charge >= 0.3 is 0 Å². The van der Waals surface area contributed by atoms with Gasteiger partial charge in [-0.25, -0.2) is 4.68 Å². The molecular formula is C29H32N6O2. The fraction of sp³-hybridized carbons (Fsp3) is 0.310. The van der Waals surface area contributed by atoms with E-state index in [2.05, 4.69) is 76.5 Å². The molecule has 0 aliphatic carbocycles. The third-order valence-corrected chi connectivity index (χ3v) is 6.70. The van der Waals surface area contributed by atoms with Crippen molar-refractivity contribution in [2.45, 2.75) is 59.3 Å². The molecule has 0 unspecified atom stereocenters. The van der Waals surface area contributed by atoms with Gasteiger partial charge in [-0.1, -0.05) is 54.8 Å². The van der Waals surface area contributed by atoms with Crippen molar-refractivity contribution >= 4 is 10.9 Å². The molecule has 8 nitrogen and oxygen atoms in total. The number of aromatic amines is 1. The molecule has 190 valence electrons. The lowest BCUT2D eigenvalue weighted by atomic mass is 10.0. The van der Waals surface area contributed by atoms with Crippen LogP contribution >= 0.6 is 0 Å². The first-order chi connectivity index (χ1) is 18.0. The number of tetrazole rings is 1. The first-order valence-electron chi connectivity index (χ1n) is 12.7. The lowest BCUT2D eigenvalue weighted by molar-refractivity contribution is 0.155. The normalized spacial score (nSPS) is 12.4. The van der Waals surface area contributed by atoms with E-state index in [1.807, 2.05) is 30.3 Å². The van der Waals surface area contributed by atoms with Crippen LogP contribution in [0.3, 0.4) is 0 Å². The number of hydrogen-bond donors (Lipinski definition) is 1. The molecule has 0 radical (unpaired) electrons. The molecule has 0 saturated carbocycles. The standard InChI is InChI=1S/C29H32N6O2/c1-4-6-27(28-31-32-33-35(28)19-25-7-5-14-37-25)34(17-22-11-8-20(2)9-12-22)18-24-16-23-15-21(3)10-13-26(23)30-29(24)36/h5,7-16,27H,4,6,17-19H2,1-3H3,(H,30,36)/t27-/m1/s1. The van der Waals surface area contributed by atoms with Gasteiger partial charge in [-0.3, -0.25) is 9.69 Å². The average Bonchev–Trinajstić information content (AvgIpc) is 3.57. The maximum absolute atomic E-state index is 13.2. The quantitative estimate of drug-likeness (QED) is 0.281. The van der Waals surface area contributed by atoms with E-state index in [4.69, 9.17) is 4.42 Å². The minimum atomic E-state index is -0.0936. The van der Waals surface area contributed by atoms with E-state index < -0.39 is 0 Å². The third kappa shape index (κ3) is 5.70. The highest BCUT2D eigenvalue weighted by Crippen LogP contribution is 2.28. The fourth-order valence-electron chi connectivity index (χ4n) is 4.77. The Morgan fingerprint density at radius 2 is 1.84 bits per heavy atom. The Balaban J connectivity index is 1.54. The molecule has 1 atom stereocenters. The lowest BCUT2D eigenvalue weighted by Crippen LogP contribution is -2.32. The van der Waals surface area contributed by atoms with Crippen molar-refractivity contribution in [3.63, 3.8) is 0 Å². The molecule has 0 bridgehead atoms. The van der Waals surface area contributed by atoms with Crippen LogP contribution in [0.1, 0.15) is 59.6 Å². The highest BCUT2D eigenvalue weighted by Gasteiger charge is 2.27. The summed E-state index contributed by atoms with van der Waals surface area (Å²) in [6.07, 6.45) is 3.44. The molecule has 5 aromatic rings. The Bertz CT molecular complexity index is 1520. The number of furan rings is 1. The SMILES string of the molecule is CCC[C@H](c1nnnn1Cc1ccco1)N(Cc1ccc(C)cc1)Cc1cc2cc(C)ccc2[nH]c1=O. The zero-order chi connectivity index (χ0) is 25.8. The highest BCUT2D eigenvalue weighted by atomic mass is 16.3. The van der Waals surface area contributed by atoms with E-state index in [-0.39, 0.29) is 11.6 Å². The van der Waals surface area contributed by atoms with E-state index in [0.717, 1.165) is 46.5 Å². The maximum atomic E-state index is 13.2. The molecule has 0 amide bonds. The van der Waals surface area contributed by atoms with Crippen molar-refractivity contribution in [3.8, 4) is 0 Å². The van der Waals surface area contributed by atoms with Gasteiger partial charge in [0.25, 0.3) is 5.56 Å². The van der Waals surface area contributed by atoms with Crippen LogP contribution in [0.2, 0.25) is 0 Å². The van der Waals surface area contributed by atoms with Crippen LogP contribution in [0.4, 0.5) is 0 Å². The van der Waals surface area contributed by atoms with Crippen LogP contribution in [-0.4, -0.2) is 30.1 Å². The molecule has 1 N–H and O–H groups in total. The zero-order valence-corrected chi connectivity index (χ0v) is 21.5. The molecule has 0 fully saturated rings. The Kier molecular flexibility index (Phi) is 7.28. The Hall–Kier alpha value is -4.04. The van der Waals surface area contributed by atoms with Gasteiger partial charge in [0.1, 0.15) is 12.3 Å². The first-order valence-corrected chi connectivity index (χ1v) is 12.7. The van der Waals surface area contributed by atoms with Crippen molar-refractivity contribution in [2.75, 3.05) is 0 Å². The van der Waals surface area contributed by atoms with Gasteiger partial charge in [0.15, 0.2) is 5.82 Å². The van der Waals surface area contributed by atoms with Gasteiger partial charge in [-0.05, 0) is 72.0 Å². The summed E-state index contributed by atoms with van der Waals surface area (Å²) in [6.45, 7) is 7.87.